The van der Waals surface area contributed by atoms with Crippen molar-refractivity contribution in [2.45, 2.75) is 24.9 Å². The Kier molecular flexibility index (Phi) is 3.12. The van der Waals surface area contributed by atoms with Crippen LogP contribution in [0.5, 0.6) is 0 Å². The Morgan fingerprint density at radius 1 is 1.44 bits per heavy atom. The molecule has 3 N–H and O–H groups in total. The predicted molar refractivity (Wildman–Crippen MR) is 63.9 cm³/mol. The van der Waals surface area contributed by atoms with E-state index in [9.17, 15) is 5.11 Å². The molecule has 0 saturated carbocycles. The average molecular weight is 221 g/mol. The summed E-state index contributed by atoms with van der Waals surface area (Å²) >= 11 is 0. The minimum atomic E-state index is -0.802. The van der Waals surface area contributed by atoms with Crippen molar-refractivity contribution in [2.24, 2.45) is 0 Å². The van der Waals surface area contributed by atoms with Crippen molar-refractivity contribution in [2.75, 3.05) is 25.9 Å². The van der Waals surface area contributed by atoms with Gasteiger partial charge in [0.15, 0.2) is 0 Å². The summed E-state index contributed by atoms with van der Waals surface area (Å²) in [4.78, 5) is 6.30. The van der Waals surface area contributed by atoms with E-state index in [0.29, 0.717) is 5.69 Å². The molecule has 1 fully saturated rings. The first kappa shape index (κ1) is 11.4. The molecular weight excluding hydrogens is 202 g/mol. The lowest BCUT2D eigenvalue weighted by molar-refractivity contribution is 0.0223. The molecule has 0 aliphatic carbocycles. The summed E-state index contributed by atoms with van der Waals surface area (Å²) < 4.78 is 0. The summed E-state index contributed by atoms with van der Waals surface area (Å²) in [6, 6.07) is 1.75. The van der Waals surface area contributed by atoms with Gasteiger partial charge in [0.05, 0.1) is 5.60 Å². The maximum atomic E-state index is 10.7. The van der Waals surface area contributed by atoms with Crippen LogP contribution in [0.25, 0.3) is 0 Å². The summed E-state index contributed by atoms with van der Waals surface area (Å²) in [7, 11) is 2.08. The zero-order valence-corrected chi connectivity index (χ0v) is 9.69. The van der Waals surface area contributed by atoms with E-state index in [4.69, 9.17) is 5.73 Å². The van der Waals surface area contributed by atoms with Gasteiger partial charge in [-0.1, -0.05) is 0 Å². The number of hydrogen-bond donors (Lipinski definition) is 2. The Morgan fingerprint density at radius 3 is 3.00 bits per heavy atom. The third-order valence-electron chi connectivity index (χ3n) is 3.39. The van der Waals surface area contributed by atoms with E-state index in [2.05, 4.69) is 16.9 Å². The molecule has 2 rings (SSSR count). The van der Waals surface area contributed by atoms with Crippen LogP contribution in [0.1, 0.15) is 24.8 Å². The molecule has 0 radical (unpaired) electrons. The van der Waals surface area contributed by atoms with Gasteiger partial charge in [0.25, 0.3) is 0 Å². The van der Waals surface area contributed by atoms with Gasteiger partial charge in [0.2, 0.25) is 0 Å². The number of pyridine rings is 1. The Morgan fingerprint density at radius 2 is 2.25 bits per heavy atom. The number of nitrogen functional groups attached to an aromatic ring is 1. The molecule has 16 heavy (non-hydrogen) atoms. The molecule has 1 saturated heterocycles. The van der Waals surface area contributed by atoms with Crippen molar-refractivity contribution < 1.29 is 5.11 Å². The summed E-state index contributed by atoms with van der Waals surface area (Å²) in [6.07, 6.45) is 5.82. The second kappa shape index (κ2) is 4.39. The van der Waals surface area contributed by atoms with Crippen molar-refractivity contribution in [1.29, 1.82) is 0 Å². The van der Waals surface area contributed by atoms with E-state index in [1.807, 2.05) is 0 Å². The second-order valence-corrected chi connectivity index (χ2v) is 4.65. The number of likely N-dealkylation sites (tertiary alicyclic amines) is 1. The Bertz CT molecular complexity index is 369. The maximum absolute atomic E-state index is 10.7. The minimum Gasteiger partial charge on any atom is -0.398 e. The van der Waals surface area contributed by atoms with Gasteiger partial charge in [-0.05, 0) is 38.9 Å². The lowest BCUT2D eigenvalue weighted by atomic mass is 9.87. The molecule has 4 heteroatoms. The fraction of sp³-hybridized carbons (Fsp3) is 0.583. The van der Waals surface area contributed by atoms with E-state index in [1.165, 1.54) is 0 Å². The van der Waals surface area contributed by atoms with Gasteiger partial charge in [0.1, 0.15) is 0 Å². The molecule has 0 aromatic carbocycles. The van der Waals surface area contributed by atoms with Crippen LogP contribution < -0.4 is 5.73 Å². The molecule has 1 aliphatic heterocycles. The fourth-order valence-electron chi connectivity index (χ4n) is 2.32. The summed E-state index contributed by atoms with van der Waals surface area (Å²) in [5.41, 5.74) is 6.53. The second-order valence-electron chi connectivity index (χ2n) is 4.65. The summed E-state index contributed by atoms with van der Waals surface area (Å²) in [6.45, 7) is 1.92. The first-order valence-corrected chi connectivity index (χ1v) is 5.73. The monoisotopic (exact) mass is 221 g/mol. The van der Waals surface area contributed by atoms with Crippen LogP contribution in [0, 0.1) is 0 Å². The molecule has 0 amide bonds. The number of aromatic nitrogens is 1. The zero-order chi connectivity index (χ0) is 11.6. The van der Waals surface area contributed by atoms with Gasteiger partial charge in [-0.3, -0.25) is 4.98 Å². The molecule has 4 nitrogen and oxygen atoms in total. The first-order valence-electron chi connectivity index (χ1n) is 5.73. The highest BCUT2D eigenvalue weighted by molar-refractivity contribution is 5.47. The molecule has 88 valence electrons. The number of anilines is 1. The highest BCUT2D eigenvalue weighted by Gasteiger charge is 2.32. The van der Waals surface area contributed by atoms with E-state index < -0.39 is 5.60 Å². The van der Waals surface area contributed by atoms with Gasteiger partial charge in [-0.2, -0.15) is 0 Å². The molecule has 0 bridgehead atoms. The van der Waals surface area contributed by atoms with Crippen molar-refractivity contribution in [3.05, 3.63) is 24.0 Å². The molecule has 1 aliphatic rings. The van der Waals surface area contributed by atoms with E-state index >= 15 is 0 Å². The quantitative estimate of drug-likeness (QED) is 0.741. The highest BCUT2D eigenvalue weighted by Crippen LogP contribution is 2.34. The van der Waals surface area contributed by atoms with Crippen molar-refractivity contribution >= 4 is 5.69 Å². The van der Waals surface area contributed by atoms with Crippen LogP contribution >= 0.6 is 0 Å². The fourth-order valence-corrected chi connectivity index (χ4v) is 2.32. The third-order valence-corrected chi connectivity index (χ3v) is 3.39. The van der Waals surface area contributed by atoms with Gasteiger partial charge < -0.3 is 15.7 Å². The van der Waals surface area contributed by atoms with Crippen molar-refractivity contribution in [1.82, 2.24) is 9.88 Å². The number of hydrogen-bond acceptors (Lipinski definition) is 4. The lowest BCUT2D eigenvalue weighted by Crippen LogP contribution is -2.28. The van der Waals surface area contributed by atoms with Crippen LogP contribution in [0.3, 0.4) is 0 Å². The van der Waals surface area contributed by atoms with Crippen LogP contribution in [0.4, 0.5) is 5.69 Å². The number of nitrogens with zero attached hydrogens (tertiary/aromatic N) is 2. The van der Waals surface area contributed by atoms with Gasteiger partial charge in [0, 0.05) is 30.2 Å². The van der Waals surface area contributed by atoms with Crippen molar-refractivity contribution in [3.8, 4) is 0 Å². The van der Waals surface area contributed by atoms with E-state index in [-0.39, 0.29) is 0 Å². The van der Waals surface area contributed by atoms with Gasteiger partial charge >= 0.3 is 0 Å². The molecule has 1 aromatic rings. The van der Waals surface area contributed by atoms with Crippen LogP contribution in [0.2, 0.25) is 0 Å². The largest absolute Gasteiger partial charge is 0.398 e. The SMILES string of the molecule is CN1CCCC(O)(c2cnccc2N)CC1. The number of rotatable bonds is 1. The molecule has 1 aromatic heterocycles. The number of nitrogens with two attached hydrogens (primary N) is 1. The van der Waals surface area contributed by atoms with E-state index in [0.717, 1.165) is 37.9 Å². The Balaban J connectivity index is 2.27. The lowest BCUT2D eigenvalue weighted by Gasteiger charge is -2.27. The summed E-state index contributed by atoms with van der Waals surface area (Å²) in [5, 5.41) is 10.7. The predicted octanol–water partition coefficient (Wildman–Crippen LogP) is 0.967. The Labute approximate surface area is 96.1 Å². The minimum absolute atomic E-state index is 0.641. The molecule has 2 heterocycles. The standard InChI is InChI=1S/C12H19N3O/c1-15-7-2-4-12(16,5-8-15)10-9-14-6-3-11(10)13/h3,6,9,16H,2,4-5,7-8H2,1H3,(H2,13,14). The highest BCUT2D eigenvalue weighted by atomic mass is 16.3. The summed E-state index contributed by atoms with van der Waals surface area (Å²) in [5.74, 6) is 0. The van der Waals surface area contributed by atoms with Crippen LogP contribution in [-0.2, 0) is 5.60 Å². The third kappa shape index (κ3) is 2.18. The zero-order valence-electron chi connectivity index (χ0n) is 9.69. The van der Waals surface area contributed by atoms with E-state index in [1.54, 1.807) is 18.5 Å². The molecular formula is C12H19N3O. The first-order chi connectivity index (χ1) is 7.62. The molecule has 0 spiro atoms. The topological polar surface area (TPSA) is 62.4 Å². The van der Waals surface area contributed by atoms with Gasteiger partial charge in [-0.15, -0.1) is 0 Å². The maximum Gasteiger partial charge on any atom is 0.0944 e. The number of aliphatic hydroxyl groups is 1. The average Bonchev–Trinajstić information content (AvgIpc) is 2.43. The molecule has 1 unspecified atom stereocenters. The van der Waals surface area contributed by atoms with Crippen LogP contribution in [0.15, 0.2) is 18.5 Å². The van der Waals surface area contributed by atoms with Crippen LogP contribution in [-0.4, -0.2) is 35.1 Å². The molecule has 1 atom stereocenters. The Hall–Kier alpha value is -1.13. The normalized spacial score (nSPS) is 27.6. The smallest absolute Gasteiger partial charge is 0.0944 e. The van der Waals surface area contributed by atoms with Crippen molar-refractivity contribution in [3.63, 3.8) is 0 Å². The van der Waals surface area contributed by atoms with Gasteiger partial charge in [-0.25, -0.2) is 0 Å².